The Kier molecular flexibility index (Phi) is 7.07. The Morgan fingerprint density at radius 2 is 1.61 bits per heavy atom. The van der Waals surface area contributed by atoms with Gasteiger partial charge in [0.15, 0.2) is 17.3 Å². The number of methoxy groups -OCH3 is 1. The number of anilines is 3. The molecule has 0 aromatic heterocycles. The number of rotatable bonds is 3. The fourth-order valence-corrected chi connectivity index (χ4v) is 4.56. The van der Waals surface area contributed by atoms with Crippen LogP contribution in [-0.2, 0) is 9.53 Å². The summed E-state index contributed by atoms with van der Waals surface area (Å²) in [5.74, 6) is -0.645. The number of fused-ring (bicyclic) bond motifs is 3. The van der Waals surface area contributed by atoms with Crippen LogP contribution in [0.3, 0.4) is 0 Å². The van der Waals surface area contributed by atoms with Crippen molar-refractivity contribution in [2.45, 2.75) is 12.8 Å². The topological polar surface area (TPSA) is 133 Å². The van der Waals surface area contributed by atoms with Gasteiger partial charge in [0.25, 0.3) is 0 Å². The number of carbonyl (C=O) groups is 4. The number of Topliss-reactive ketones (excluding diaryl/α,β-unsaturated/α-hetero) is 1. The molecule has 184 valence electrons. The number of hydrogen-bond donors (Lipinski definition) is 2. The first kappa shape index (κ1) is 24.9. The SMILES string of the molecule is COC(=O)CCN1CCC(=O)c2cc(N)ccc21.Nc1ccc(Cl)c2c1C(=O)c1ccccc1C2=O. The van der Waals surface area contributed by atoms with Gasteiger partial charge in [0.1, 0.15) is 0 Å². The number of halogens is 1. The van der Waals surface area contributed by atoms with Gasteiger partial charge in [-0.15, -0.1) is 0 Å². The Hall–Kier alpha value is -4.17. The lowest BCUT2D eigenvalue weighted by molar-refractivity contribution is -0.140. The van der Waals surface area contributed by atoms with Gasteiger partial charge < -0.3 is 21.1 Å². The average Bonchev–Trinajstić information content (AvgIpc) is 2.88. The van der Waals surface area contributed by atoms with Crippen LogP contribution in [0.4, 0.5) is 17.1 Å². The predicted molar refractivity (Wildman–Crippen MR) is 138 cm³/mol. The summed E-state index contributed by atoms with van der Waals surface area (Å²) in [5, 5.41) is 0.257. The zero-order valence-corrected chi connectivity index (χ0v) is 20.3. The summed E-state index contributed by atoms with van der Waals surface area (Å²) in [7, 11) is 1.37. The highest BCUT2D eigenvalue weighted by molar-refractivity contribution is 6.39. The smallest absolute Gasteiger partial charge is 0.307 e. The van der Waals surface area contributed by atoms with Crippen LogP contribution >= 0.6 is 11.6 Å². The molecule has 5 rings (SSSR count). The quantitative estimate of drug-likeness (QED) is 0.316. The van der Waals surface area contributed by atoms with E-state index in [1.54, 1.807) is 42.5 Å². The lowest BCUT2D eigenvalue weighted by atomic mass is 9.83. The van der Waals surface area contributed by atoms with Crippen LogP contribution in [0.5, 0.6) is 0 Å². The van der Waals surface area contributed by atoms with E-state index in [0.717, 1.165) is 5.69 Å². The summed E-state index contributed by atoms with van der Waals surface area (Å²) in [6, 6.07) is 15.1. The first-order chi connectivity index (χ1) is 17.2. The van der Waals surface area contributed by atoms with E-state index in [-0.39, 0.29) is 45.2 Å². The summed E-state index contributed by atoms with van der Waals surface area (Å²) in [6.07, 6.45) is 0.770. The van der Waals surface area contributed by atoms with Gasteiger partial charge in [-0.25, -0.2) is 0 Å². The first-order valence-electron chi connectivity index (χ1n) is 11.2. The molecule has 1 aliphatic carbocycles. The van der Waals surface area contributed by atoms with Crippen LogP contribution in [0.1, 0.15) is 55.0 Å². The van der Waals surface area contributed by atoms with Crippen molar-refractivity contribution in [1.29, 1.82) is 0 Å². The number of esters is 1. The molecule has 0 saturated heterocycles. The standard InChI is InChI=1S/C14H8ClNO2.C13H16N2O3/c15-9-5-6-10(16)12-11(9)13(17)7-3-1-2-4-8(7)14(12)18;1-18-13(17)5-7-15-6-4-12(16)10-8-9(14)2-3-11(10)15/h1-6H,16H2;2-3,8H,4-7,14H2,1H3. The van der Waals surface area contributed by atoms with Crippen molar-refractivity contribution in [3.63, 3.8) is 0 Å². The second kappa shape index (κ2) is 10.2. The minimum Gasteiger partial charge on any atom is -0.469 e. The van der Waals surface area contributed by atoms with Crippen molar-refractivity contribution in [2.24, 2.45) is 0 Å². The van der Waals surface area contributed by atoms with E-state index in [1.807, 2.05) is 11.0 Å². The Morgan fingerprint density at radius 1 is 0.944 bits per heavy atom. The molecule has 0 amide bonds. The fraction of sp³-hybridized carbons (Fsp3) is 0.185. The van der Waals surface area contributed by atoms with E-state index < -0.39 is 0 Å². The van der Waals surface area contributed by atoms with Gasteiger partial charge in [-0.05, 0) is 30.3 Å². The highest BCUT2D eigenvalue weighted by Crippen LogP contribution is 2.35. The van der Waals surface area contributed by atoms with Gasteiger partial charge in [-0.1, -0.05) is 35.9 Å². The number of nitrogens with two attached hydrogens (primary N) is 2. The summed E-state index contributed by atoms with van der Waals surface area (Å²) in [4.78, 5) is 49.6. The molecule has 1 aliphatic heterocycles. The first-order valence-corrected chi connectivity index (χ1v) is 11.6. The van der Waals surface area contributed by atoms with Crippen molar-refractivity contribution in [3.05, 3.63) is 87.4 Å². The highest BCUT2D eigenvalue weighted by Gasteiger charge is 2.32. The van der Waals surface area contributed by atoms with E-state index in [2.05, 4.69) is 4.74 Å². The Balaban J connectivity index is 0.000000169. The second-order valence-corrected chi connectivity index (χ2v) is 8.76. The van der Waals surface area contributed by atoms with Gasteiger partial charge in [0.2, 0.25) is 0 Å². The predicted octanol–water partition coefficient (Wildman–Crippen LogP) is 3.92. The minimum atomic E-state index is -0.252. The third-order valence-corrected chi connectivity index (χ3v) is 6.46. The maximum Gasteiger partial charge on any atom is 0.307 e. The van der Waals surface area contributed by atoms with Crippen molar-refractivity contribution < 1.29 is 23.9 Å². The second-order valence-electron chi connectivity index (χ2n) is 8.35. The summed E-state index contributed by atoms with van der Waals surface area (Å²) >= 11 is 6.01. The summed E-state index contributed by atoms with van der Waals surface area (Å²) in [6.45, 7) is 1.18. The largest absolute Gasteiger partial charge is 0.469 e. The van der Waals surface area contributed by atoms with Gasteiger partial charge in [-0.2, -0.15) is 0 Å². The zero-order valence-electron chi connectivity index (χ0n) is 19.5. The molecular formula is C27H24ClN3O5. The van der Waals surface area contributed by atoms with E-state index >= 15 is 0 Å². The number of ketones is 3. The molecular weight excluding hydrogens is 482 g/mol. The molecule has 9 heteroatoms. The maximum absolute atomic E-state index is 12.3. The normalized spacial score (nSPS) is 13.7. The molecule has 4 N–H and O–H groups in total. The third kappa shape index (κ3) is 4.67. The van der Waals surface area contributed by atoms with E-state index in [0.29, 0.717) is 48.3 Å². The average molecular weight is 506 g/mol. The van der Waals surface area contributed by atoms with E-state index in [4.69, 9.17) is 23.1 Å². The molecule has 0 atom stereocenters. The molecule has 0 bridgehead atoms. The van der Waals surface area contributed by atoms with Crippen LogP contribution in [0.25, 0.3) is 0 Å². The highest BCUT2D eigenvalue weighted by atomic mass is 35.5. The minimum absolute atomic E-state index is 0.103. The van der Waals surface area contributed by atoms with Crippen molar-refractivity contribution in [3.8, 4) is 0 Å². The Labute approximate surface area is 212 Å². The van der Waals surface area contributed by atoms with Gasteiger partial charge >= 0.3 is 5.97 Å². The Morgan fingerprint density at radius 3 is 2.28 bits per heavy atom. The third-order valence-electron chi connectivity index (χ3n) is 6.14. The maximum atomic E-state index is 12.3. The van der Waals surface area contributed by atoms with Crippen molar-refractivity contribution in [1.82, 2.24) is 0 Å². The molecule has 0 saturated carbocycles. The number of ether oxygens (including phenoxy) is 1. The molecule has 0 fully saturated rings. The van der Waals surface area contributed by atoms with Crippen LogP contribution in [0, 0.1) is 0 Å². The lowest BCUT2D eigenvalue weighted by Gasteiger charge is -2.30. The molecule has 0 spiro atoms. The van der Waals surface area contributed by atoms with Crippen molar-refractivity contribution >= 4 is 52.0 Å². The Bertz CT molecular complexity index is 1340. The molecule has 0 unspecified atom stereocenters. The number of nitrogens with zero attached hydrogens (tertiary/aromatic N) is 1. The van der Waals surface area contributed by atoms with Crippen LogP contribution < -0.4 is 16.4 Å². The monoisotopic (exact) mass is 505 g/mol. The van der Waals surface area contributed by atoms with Gasteiger partial charge in [0, 0.05) is 53.3 Å². The molecule has 8 nitrogen and oxygen atoms in total. The van der Waals surface area contributed by atoms with Gasteiger partial charge in [0.05, 0.1) is 29.7 Å². The number of hydrogen-bond acceptors (Lipinski definition) is 8. The fourth-order valence-electron chi connectivity index (χ4n) is 4.31. The number of nitrogen functional groups attached to an aromatic ring is 2. The van der Waals surface area contributed by atoms with Crippen LogP contribution in [0.2, 0.25) is 5.02 Å². The number of benzene rings is 3. The van der Waals surface area contributed by atoms with Crippen LogP contribution in [0.15, 0.2) is 54.6 Å². The molecule has 1 heterocycles. The zero-order chi connectivity index (χ0) is 26.0. The molecule has 3 aromatic carbocycles. The van der Waals surface area contributed by atoms with Gasteiger partial charge in [-0.3, -0.25) is 19.2 Å². The molecule has 0 radical (unpaired) electrons. The van der Waals surface area contributed by atoms with E-state index in [9.17, 15) is 19.2 Å². The van der Waals surface area contributed by atoms with Crippen LogP contribution in [-0.4, -0.2) is 43.5 Å². The van der Waals surface area contributed by atoms with E-state index in [1.165, 1.54) is 13.2 Å². The molecule has 2 aliphatic rings. The van der Waals surface area contributed by atoms with Crippen molar-refractivity contribution in [2.75, 3.05) is 36.6 Å². The lowest BCUT2D eigenvalue weighted by Crippen LogP contribution is -2.34. The summed E-state index contributed by atoms with van der Waals surface area (Å²) < 4.78 is 4.62. The number of carbonyl (C=O) groups excluding carboxylic acids is 4. The molecule has 3 aromatic rings. The molecule has 36 heavy (non-hydrogen) atoms. The summed E-state index contributed by atoms with van der Waals surface area (Å²) in [5.41, 5.74) is 15.0.